The molecule has 5 rings (SSSR count). The molecular weight excluding hydrogens is 526 g/mol. The van der Waals surface area contributed by atoms with Crippen molar-refractivity contribution in [1.82, 2.24) is 19.0 Å². The highest BCUT2D eigenvalue weighted by atomic mass is 32.2. The van der Waals surface area contributed by atoms with Crippen LogP contribution in [0.2, 0.25) is 0 Å². The van der Waals surface area contributed by atoms with Gasteiger partial charge in [0.15, 0.2) is 0 Å². The summed E-state index contributed by atoms with van der Waals surface area (Å²) in [4.78, 5) is 11.0. The number of hydrogen-bond acceptors (Lipinski definition) is 8. The van der Waals surface area contributed by atoms with Gasteiger partial charge in [-0.1, -0.05) is 12.5 Å². The quantitative estimate of drug-likeness (QED) is 0.494. The van der Waals surface area contributed by atoms with E-state index in [0.717, 1.165) is 50.2 Å². The SMILES string of the molecule is O=S(=O)(NCc1ccc(OC2CCCCC2)nc1)c1ccc(N2CCC(CN3CCCS3(=O)=O)CC2)nc1. The maximum atomic E-state index is 12.8. The minimum absolute atomic E-state index is 0.112. The molecule has 1 N–H and O–H groups in total. The van der Waals surface area contributed by atoms with Crippen LogP contribution in [0.3, 0.4) is 0 Å². The van der Waals surface area contributed by atoms with Crippen molar-refractivity contribution >= 4 is 25.9 Å². The molecule has 10 nitrogen and oxygen atoms in total. The largest absolute Gasteiger partial charge is 0.474 e. The van der Waals surface area contributed by atoms with Gasteiger partial charge >= 0.3 is 0 Å². The number of sulfonamides is 2. The van der Waals surface area contributed by atoms with Crippen molar-refractivity contribution in [3.63, 3.8) is 0 Å². The van der Waals surface area contributed by atoms with Gasteiger partial charge in [-0.25, -0.2) is 35.8 Å². The summed E-state index contributed by atoms with van der Waals surface area (Å²) in [6, 6.07) is 6.94. The van der Waals surface area contributed by atoms with Crippen molar-refractivity contribution in [2.75, 3.05) is 36.8 Å². The molecule has 1 saturated carbocycles. The Bertz CT molecular complexity index is 1270. The molecule has 1 aliphatic carbocycles. The number of pyridine rings is 2. The van der Waals surface area contributed by atoms with Crippen LogP contribution in [0, 0.1) is 5.92 Å². The number of nitrogens with one attached hydrogen (secondary N) is 1. The Morgan fingerprint density at radius 1 is 0.921 bits per heavy atom. The fourth-order valence-corrected chi connectivity index (χ4v) is 8.01. The van der Waals surface area contributed by atoms with Gasteiger partial charge in [0.25, 0.3) is 0 Å². The van der Waals surface area contributed by atoms with Crippen molar-refractivity contribution < 1.29 is 21.6 Å². The molecular formula is C26H37N5O5S2. The van der Waals surface area contributed by atoms with E-state index in [9.17, 15) is 16.8 Å². The van der Waals surface area contributed by atoms with E-state index in [-0.39, 0.29) is 23.3 Å². The van der Waals surface area contributed by atoms with E-state index in [0.29, 0.717) is 31.3 Å². The average Bonchev–Trinajstić information content (AvgIpc) is 3.26. The smallest absolute Gasteiger partial charge is 0.242 e. The van der Waals surface area contributed by atoms with Gasteiger partial charge in [-0.3, -0.25) is 0 Å². The Balaban J connectivity index is 1.10. The Hall–Kier alpha value is -2.28. The van der Waals surface area contributed by atoms with Crippen LogP contribution in [0.4, 0.5) is 5.82 Å². The number of piperidine rings is 1. The van der Waals surface area contributed by atoms with Gasteiger partial charge in [0.1, 0.15) is 16.8 Å². The summed E-state index contributed by atoms with van der Waals surface area (Å²) in [6.07, 6.45) is 11.5. The number of anilines is 1. The molecule has 2 aliphatic heterocycles. The van der Waals surface area contributed by atoms with Gasteiger partial charge in [-0.05, 0) is 68.6 Å². The van der Waals surface area contributed by atoms with Crippen LogP contribution in [0.15, 0.2) is 41.6 Å². The molecule has 4 heterocycles. The number of hydrogen-bond donors (Lipinski definition) is 1. The second-order valence-electron chi connectivity index (χ2n) is 10.5. The lowest BCUT2D eigenvalue weighted by molar-refractivity contribution is 0.148. The van der Waals surface area contributed by atoms with Crippen molar-refractivity contribution in [3.05, 3.63) is 42.2 Å². The fraction of sp³-hybridized carbons (Fsp3) is 0.615. The molecule has 3 fully saturated rings. The second-order valence-corrected chi connectivity index (χ2v) is 14.4. The van der Waals surface area contributed by atoms with Crippen molar-refractivity contribution in [3.8, 4) is 5.88 Å². The second kappa shape index (κ2) is 11.8. The molecule has 0 unspecified atom stereocenters. The molecule has 0 amide bonds. The zero-order valence-corrected chi connectivity index (χ0v) is 23.3. The molecule has 3 aliphatic rings. The van der Waals surface area contributed by atoms with Crippen LogP contribution < -0.4 is 14.4 Å². The summed E-state index contributed by atoms with van der Waals surface area (Å²) in [5.41, 5.74) is 0.749. The van der Waals surface area contributed by atoms with Crippen LogP contribution >= 0.6 is 0 Å². The van der Waals surface area contributed by atoms with Crippen LogP contribution in [0.25, 0.3) is 0 Å². The molecule has 12 heteroatoms. The Morgan fingerprint density at radius 3 is 2.34 bits per heavy atom. The maximum Gasteiger partial charge on any atom is 0.242 e. The molecule has 0 aromatic carbocycles. The number of aromatic nitrogens is 2. The summed E-state index contributed by atoms with van der Waals surface area (Å²) in [5, 5.41) is 0. The average molecular weight is 564 g/mol. The van der Waals surface area contributed by atoms with Crippen LogP contribution in [-0.2, 0) is 26.6 Å². The van der Waals surface area contributed by atoms with Crippen molar-refractivity contribution in [2.24, 2.45) is 5.92 Å². The Morgan fingerprint density at radius 2 is 1.71 bits per heavy atom. The van der Waals surface area contributed by atoms with Crippen LogP contribution in [0.1, 0.15) is 56.9 Å². The predicted molar refractivity (Wildman–Crippen MR) is 145 cm³/mol. The highest BCUT2D eigenvalue weighted by Gasteiger charge is 2.31. The zero-order chi connectivity index (χ0) is 26.6. The molecule has 2 saturated heterocycles. The van der Waals surface area contributed by atoms with Crippen molar-refractivity contribution in [1.29, 1.82) is 0 Å². The number of ether oxygens (including phenoxy) is 1. The third-order valence-corrected chi connectivity index (χ3v) is 11.0. The predicted octanol–water partition coefficient (Wildman–Crippen LogP) is 2.92. The Kier molecular flexibility index (Phi) is 8.51. The van der Waals surface area contributed by atoms with E-state index in [4.69, 9.17) is 4.74 Å². The van der Waals surface area contributed by atoms with Gasteiger partial charge < -0.3 is 9.64 Å². The summed E-state index contributed by atoms with van der Waals surface area (Å²) in [7, 11) is -6.79. The first-order chi connectivity index (χ1) is 18.3. The molecule has 38 heavy (non-hydrogen) atoms. The minimum Gasteiger partial charge on any atom is -0.474 e. The van der Waals surface area contributed by atoms with Crippen LogP contribution in [0.5, 0.6) is 5.88 Å². The van der Waals surface area contributed by atoms with Gasteiger partial charge in [0, 0.05) is 51.2 Å². The summed E-state index contributed by atoms with van der Waals surface area (Å²) < 4.78 is 60.0. The zero-order valence-electron chi connectivity index (χ0n) is 21.7. The first kappa shape index (κ1) is 27.3. The van der Waals surface area contributed by atoms with Gasteiger partial charge in [-0.15, -0.1) is 0 Å². The van der Waals surface area contributed by atoms with Gasteiger partial charge in [0.2, 0.25) is 25.9 Å². The summed E-state index contributed by atoms with van der Waals surface area (Å²) in [5.74, 6) is 1.91. The van der Waals surface area contributed by atoms with Crippen LogP contribution in [-0.4, -0.2) is 69.1 Å². The minimum atomic E-state index is -3.72. The van der Waals surface area contributed by atoms with E-state index in [1.54, 1.807) is 28.7 Å². The normalized spacial score (nSPS) is 21.5. The van der Waals surface area contributed by atoms with Gasteiger partial charge in [-0.2, -0.15) is 0 Å². The third kappa shape index (κ3) is 6.83. The number of nitrogens with zero attached hydrogens (tertiary/aromatic N) is 4. The fourth-order valence-electron chi connectivity index (χ4n) is 5.45. The standard InChI is InChI=1S/C26H37N5O5S2/c32-37(33)16-4-13-31(37)20-21-11-14-30(15-12-21)25-9-8-24(19-27-25)38(34,35)29-18-22-7-10-26(28-17-22)36-23-5-2-1-3-6-23/h7-10,17,19,21,23,29H,1-6,11-16,18,20H2. The molecule has 208 valence electrons. The Labute approximate surface area is 225 Å². The summed E-state index contributed by atoms with van der Waals surface area (Å²) >= 11 is 0. The van der Waals surface area contributed by atoms with E-state index in [2.05, 4.69) is 19.6 Å². The molecule has 0 atom stereocenters. The van der Waals surface area contributed by atoms with E-state index >= 15 is 0 Å². The topological polar surface area (TPSA) is 122 Å². The lowest BCUT2D eigenvalue weighted by Gasteiger charge is -2.34. The van der Waals surface area contributed by atoms with E-state index < -0.39 is 20.0 Å². The maximum absolute atomic E-state index is 12.8. The molecule has 2 aromatic heterocycles. The monoisotopic (exact) mass is 563 g/mol. The van der Waals surface area contributed by atoms with E-state index in [1.807, 2.05) is 6.07 Å². The highest BCUT2D eigenvalue weighted by Crippen LogP contribution is 2.26. The lowest BCUT2D eigenvalue weighted by Crippen LogP contribution is -2.39. The third-order valence-electron chi connectivity index (χ3n) is 7.74. The first-order valence-corrected chi connectivity index (χ1v) is 16.7. The molecule has 0 bridgehead atoms. The molecule has 0 radical (unpaired) electrons. The van der Waals surface area contributed by atoms with Crippen molar-refractivity contribution in [2.45, 2.75) is 68.9 Å². The number of rotatable bonds is 9. The highest BCUT2D eigenvalue weighted by molar-refractivity contribution is 7.89. The van der Waals surface area contributed by atoms with Gasteiger partial charge in [0.05, 0.1) is 5.75 Å². The summed E-state index contributed by atoms with van der Waals surface area (Å²) in [6.45, 7) is 2.89. The lowest BCUT2D eigenvalue weighted by atomic mass is 9.97. The first-order valence-electron chi connectivity index (χ1n) is 13.6. The molecule has 0 spiro atoms. The molecule has 2 aromatic rings. The van der Waals surface area contributed by atoms with E-state index in [1.165, 1.54) is 25.5 Å².